The molecular weight excluding hydrogens is 394 g/mol. The fourth-order valence-electron chi connectivity index (χ4n) is 3.23. The minimum atomic E-state index is -0.967. The van der Waals surface area contributed by atoms with Gasteiger partial charge >= 0.3 is 0 Å². The minimum Gasteiger partial charge on any atom is -0.505 e. The van der Waals surface area contributed by atoms with Crippen molar-refractivity contribution < 1.29 is 24.9 Å². The zero-order valence-corrected chi connectivity index (χ0v) is 15.7. The van der Waals surface area contributed by atoms with Crippen LogP contribution in [0.25, 0.3) is 5.76 Å². The van der Waals surface area contributed by atoms with Gasteiger partial charge in [-0.05, 0) is 29.1 Å². The number of hydrogen-bond acceptors (Lipinski definition) is 8. The van der Waals surface area contributed by atoms with Gasteiger partial charge in [0.2, 0.25) is 0 Å². The Morgan fingerprint density at radius 2 is 1.97 bits per heavy atom. The number of rotatable bonds is 4. The predicted molar refractivity (Wildman–Crippen MR) is 104 cm³/mol. The SMILES string of the molecule is O=C1C(=O)N(Cc2cccs2)C(c2ccc(O)c(O)c2)/C1=C(\O)c1cnccn1. The average Bonchev–Trinajstić information content (AvgIpc) is 3.33. The zero-order valence-electron chi connectivity index (χ0n) is 14.9. The predicted octanol–water partition coefficient (Wildman–Crippen LogP) is 2.57. The number of carbonyl (C=O) groups is 2. The smallest absolute Gasteiger partial charge is 0.295 e. The molecule has 2 aromatic heterocycles. The van der Waals surface area contributed by atoms with E-state index in [2.05, 4.69) is 9.97 Å². The number of thiophene rings is 1. The van der Waals surface area contributed by atoms with Gasteiger partial charge in [0, 0.05) is 17.3 Å². The Labute approximate surface area is 169 Å². The van der Waals surface area contributed by atoms with Crippen molar-refractivity contribution in [2.24, 2.45) is 0 Å². The summed E-state index contributed by atoms with van der Waals surface area (Å²) in [5.41, 5.74) is 0.258. The normalized spacial score (nSPS) is 18.3. The lowest BCUT2D eigenvalue weighted by molar-refractivity contribution is -0.140. The first-order valence-corrected chi connectivity index (χ1v) is 9.44. The zero-order chi connectivity index (χ0) is 20.5. The number of aromatic nitrogens is 2. The van der Waals surface area contributed by atoms with Crippen LogP contribution in [-0.4, -0.2) is 41.9 Å². The summed E-state index contributed by atoms with van der Waals surface area (Å²) in [6, 6.07) is 6.70. The Kier molecular flexibility index (Phi) is 4.73. The Balaban J connectivity index is 1.89. The first kappa shape index (κ1) is 18.6. The van der Waals surface area contributed by atoms with Gasteiger partial charge in [0.25, 0.3) is 11.7 Å². The summed E-state index contributed by atoms with van der Waals surface area (Å²) in [7, 11) is 0. The third-order valence-electron chi connectivity index (χ3n) is 4.57. The van der Waals surface area contributed by atoms with E-state index < -0.39 is 29.2 Å². The maximum Gasteiger partial charge on any atom is 0.295 e. The summed E-state index contributed by atoms with van der Waals surface area (Å²) in [4.78, 5) is 35.7. The number of aromatic hydroxyl groups is 2. The number of nitrogens with zero attached hydrogens (tertiary/aromatic N) is 3. The van der Waals surface area contributed by atoms with Crippen molar-refractivity contribution in [2.75, 3.05) is 0 Å². The molecule has 1 aliphatic rings. The van der Waals surface area contributed by atoms with Gasteiger partial charge in [-0.3, -0.25) is 14.6 Å². The molecule has 0 radical (unpaired) electrons. The summed E-state index contributed by atoms with van der Waals surface area (Å²) < 4.78 is 0. The number of phenols is 2. The van der Waals surface area contributed by atoms with Crippen LogP contribution in [0.3, 0.4) is 0 Å². The van der Waals surface area contributed by atoms with Gasteiger partial charge in [-0.1, -0.05) is 12.1 Å². The molecule has 29 heavy (non-hydrogen) atoms. The van der Waals surface area contributed by atoms with Crippen LogP contribution in [0.15, 0.2) is 59.9 Å². The maximum absolute atomic E-state index is 12.8. The summed E-state index contributed by atoms with van der Waals surface area (Å²) >= 11 is 1.43. The Morgan fingerprint density at radius 3 is 2.62 bits per heavy atom. The van der Waals surface area contributed by atoms with E-state index in [1.54, 1.807) is 0 Å². The summed E-state index contributed by atoms with van der Waals surface area (Å²) in [6.07, 6.45) is 4.06. The van der Waals surface area contributed by atoms with Crippen LogP contribution in [-0.2, 0) is 16.1 Å². The number of ketones is 1. The molecule has 146 valence electrons. The lowest BCUT2D eigenvalue weighted by Gasteiger charge is -2.25. The molecule has 1 amide bonds. The first-order chi connectivity index (χ1) is 14.0. The van der Waals surface area contributed by atoms with Gasteiger partial charge in [0.05, 0.1) is 24.4 Å². The number of aliphatic hydroxyl groups excluding tert-OH is 1. The number of amides is 1. The molecule has 0 bridgehead atoms. The largest absolute Gasteiger partial charge is 0.505 e. The van der Waals surface area contributed by atoms with Crippen LogP contribution < -0.4 is 0 Å². The number of likely N-dealkylation sites (tertiary alicyclic amines) is 1. The second-order valence-electron chi connectivity index (χ2n) is 6.35. The van der Waals surface area contributed by atoms with Crippen LogP contribution in [0.5, 0.6) is 11.5 Å². The lowest BCUT2D eigenvalue weighted by Crippen LogP contribution is -2.28. The molecule has 1 atom stereocenters. The molecule has 1 unspecified atom stereocenters. The van der Waals surface area contributed by atoms with E-state index in [1.807, 2.05) is 17.5 Å². The molecule has 3 N–H and O–H groups in total. The van der Waals surface area contributed by atoms with E-state index in [4.69, 9.17) is 0 Å². The Hall–Kier alpha value is -3.72. The van der Waals surface area contributed by atoms with Gasteiger partial charge in [0.15, 0.2) is 17.3 Å². The van der Waals surface area contributed by atoms with Crippen molar-refractivity contribution in [3.05, 3.63) is 76.0 Å². The standard InChI is InChI=1S/C20H15N3O5S/c24-14-4-3-11(8-15(14)25)17-16(18(26)13-9-21-5-6-22-13)19(27)20(28)23(17)10-12-2-1-7-29-12/h1-9,17,24-26H,10H2/b18-16+. The second kappa shape index (κ2) is 7.36. The molecule has 1 aromatic carbocycles. The van der Waals surface area contributed by atoms with Gasteiger partial charge < -0.3 is 20.2 Å². The number of aliphatic hydroxyl groups is 1. The molecule has 4 rings (SSSR count). The molecule has 8 nitrogen and oxygen atoms in total. The van der Waals surface area contributed by atoms with E-state index in [0.29, 0.717) is 5.56 Å². The Bertz CT molecular complexity index is 1110. The van der Waals surface area contributed by atoms with E-state index in [1.165, 1.54) is 53.0 Å². The molecule has 1 saturated heterocycles. The molecule has 0 saturated carbocycles. The van der Waals surface area contributed by atoms with E-state index in [0.717, 1.165) is 4.88 Å². The molecular formula is C20H15N3O5S. The summed E-state index contributed by atoms with van der Waals surface area (Å²) in [5, 5.41) is 32.2. The van der Waals surface area contributed by atoms with Crippen LogP contribution in [0.4, 0.5) is 0 Å². The number of carbonyl (C=O) groups excluding carboxylic acids is 2. The highest BCUT2D eigenvalue weighted by Gasteiger charge is 2.46. The van der Waals surface area contributed by atoms with E-state index in [-0.39, 0.29) is 23.6 Å². The fourth-order valence-corrected chi connectivity index (χ4v) is 3.93. The Morgan fingerprint density at radius 1 is 1.14 bits per heavy atom. The maximum atomic E-state index is 12.8. The van der Waals surface area contributed by atoms with Crippen LogP contribution >= 0.6 is 11.3 Å². The molecule has 1 aliphatic heterocycles. The minimum absolute atomic E-state index is 0.0506. The molecule has 3 aromatic rings. The third-order valence-corrected chi connectivity index (χ3v) is 5.43. The lowest BCUT2D eigenvalue weighted by atomic mass is 9.96. The second-order valence-corrected chi connectivity index (χ2v) is 7.38. The molecule has 1 fully saturated rings. The van der Waals surface area contributed by atoms with Crippen molar-refractivity contribution in [2.45, 2.75) is 12.6 Å². The number of Topliss-reactive ketones (excluding diaryl/α,β-unsaturated/α-hetero) is 1. The summed E-state index contributed by atoms with van der Waals surface area (Å²) in [5.74, 6) is -2.83. The van der Waals surface area contributed by atoms with Gasteiger partial charge in [-0.25, -0.2) is 4.98 Å². The molecule has 9 heteroatoms. The van der Waals surface area contributed by atoms with E-state index in [9.17, 15) is 24.9 Å². The van der Waals surface area contributed by atoms with Crippen molar-refractivity contribution in [3.63, 3.8) is 0 Å². The molecule has 0 spiro atoms. The van der Waals surface area contributed by atoms with Crippen LogP contribution in [0.1, 0.15) is 22.2 Å². The highest BCUT2D eigenvalue weighted by molar-refractivity contribution is 7.09. The van der Waals surface area contributed by atoms with Crippen molar-refractivity contribution in [1.29, 1.82) is 0 Å². The van der Waals surface area contributed by atoms with Gasteiger partial charge in [-0.15, -0.1) is 11.3 Å². The first-order valence-electron chi connectivity index (χ1n) is 8.56. The van der Waals surface area contributed by atoms with Gasteiger partial charge in [0.1, 0.15) is 5.69 Å². The molecule has 3 heterocycles. The number of benzene rings is 1. The van der Waals surface area contributed by atoms with Crippen molar-refractivity contribution >= 4 is 28.8 Å². The van der Waals surface area contributed by atoms with Gasteiger partial charge in [-0.2, -0.15) is 0 Å². The number of hydrogen-bond donors (Lipinski definition) is 3. The highest BCUT2D eigenvalue weighted by Crippen LogP contribution is 2.42. The van der Waals surface area contributed by atoms with Crippen molar-refractivity contribution in [3.8, 4) is 11.5 Å². The molecule has 0 aliphatic carbocycles. The van der Waals surface area contributed by atoms with Crippen LogP contribution in [0, 0.1) is 0 Å². The number of phenolic OH excluding ortho intramolecular Hbond substituents is 2. The quantitative estimate of drug-likeness (QED) is 0.262. The van der Waals surface area contributed by atoms with Crippen molar-refractivity contribution in [1.82, 2.24) is 14.9 Å². The summed E-state index contributed by atoms with van der Waals surface area (Å²) in [6.45, 7) is 0.145. The topological polar surface area (TPSA) is 124 Å². The fraction of sp³-hybridized carbons (Fsp3) is 0.100. The average molecular weight is 409 g/mol. The van der Waals surface area contributed by atoms with E-state index >= 15 is 0 Å². The highest BCUT2D eigenvalue weighted by atomic mass is 32.1. The monoisotopic (exact) mass is 409 g/mol. The van der Waals surface area contributed by atoms with Crippen LogP contribution in [0.2, 0.25) is 0 Å². The third kappa shape index (κ3) is 3.32.